The molecule has 5 rings (SSSR count). The van der Waals surface area contributed by atoms with Gasteiger partial charge in [-0.2, -0.15) is 4.99 Å². The molecule has 0 unspecified atom stereocenters. The summed E-state index contributed by atoms with van der Waals surface area (Å²) < 4.78 is 13.3. The van der Waals surface area contributed by atoms with Gasteiger partial charge in [0.15, 0.2) is 0 Å². The molecule has 0 spiro atoms. The van der Waals surface area contributed by atoms with Crippen molar-refractivity contribution < 1.29 is 14.3 Å². The van der Waals surface area contributed by atoms with Crippen LogP contribution in [0, 0.1) is 0 Å². The molecule has 1 saturated heterocycles. The molecule has 168 valence electrons. The maximum Gasteiger partial charge on any atom is 0.281 e. The van der Waals surface area contributed by atoms with Crippen LogP contribution in [0.3, 0.4) is 0 Å². The van der Waals surface area contributed by atoms with Gasteiger partial charge in [0.2, 0.25) is 5.62 Å². The van der Waals surface area contributed by atoms with Crippen LogP contribution in [0.4, 0.5) is 5.82 Å². The second-order valence-electron chi connectivity index (χ2n) is 7.48. The Morgan fingerprint density at radius 1 is 1.22 bits per heavy atom. The molecule has 2 aliphatic rings. The first kappa shape index (κ1) is 22.2. The SMILES string of the molecule is Cl.O=C(N=c1nc2cc(OCCN3CCOCC3)ccc2c2n1CCN2)c1cccnc1. The summed E-state index contributed by atoms with van der Waals surface area (Å²) in [4.78, 5) is 27.9. The molecule has 1 fully saturated rings. The normalized spacial score (nSPS) is 16.3. The molecule has 9 nitrogen and oxygen atoms in total. The summed E-state index contributed by atoms with van der Waals surface area (Å²) in [5, 5.41) is 4.36. The zero-order valence-corrected chi connectivity index (χ0v) is 18.4. The van der Waals surface area contributed by atoms with Gasteiger partial charge in [0.1, 0.15) is 18.2 Å². The maximum absolute atomic E-state index is 12.6. The fourth-order valence-corrected chi connectivity index (χ4v) is 3.84. The van der Waals surface area contributed by atoms with Crippen LogP contribution in [0.2, 0.25) is 0 Å². The molecule has 0 saturated carbocycles. The van der Waals surface area contributed by atoms with E-state index in [2.05, 4.69) is 25.2 Å². The Bertz CT molecular complexity index is 1160. The van der Waals surface area contributed by atoms with Gasteiger partial charge in [-0.05, 0) is 24.3 Å². The van der Waals surface area contributed by atoms with Gasteiger partial charge in [-0.3, -0.25) is 19.2 Å². The number of morpholine rings is 1. The number of nitrogens with one attached hydrogen (secondary N) is 1. The molecule has 2 aliphatic heterocycles. The highest BCUT2D eigenvalue weighted by atomic mass is 35.5. The molecule has 3 aromatic rings. The van der Waals surface area contributed by atoms with Crippen LogP contribution >= 0.6 is 12.4 Å². The van der Waals surface area contributed by atoms with E-state index < -0.39 is 0 Å². The predicted octanol–water partition coefficient (Wildman–Crippen LogP) is 1.73. The zero-order valence-electron chi connectivity index (χ0n) is 17.6. The van der Waals surface area contributed by atoms with Crippen LogP contribution in [-0.4, -0.2) is 71.3 Å². The highest BCUT2D eigenvalue weighted by Crippen LogP contribution is 2.26. The number of hydrogen-bond donors (Lipinski definition) is 1. The molecular formula is C22H25ClN6O3. The lowest BCUT2D eigenvalue weighted by Gasteiger charge is -2.26. The number of carbonyl (C=O) groups is 1. The van der Waals surface area contributed by atoms with Crippen molar-refractivity contribution in [1.29, 1.82) is 0 Å². The summed E-state index contributed by atoms with van der Waals surface area (Å²) in [6.45, 7) is 6.36. The molecular weight excluding hydrogens is 432 g/mol. The molecule has 1 N–H and O–H groups in total. The Morgan fingerprint density at radius 3 is 2.91 bits per heavy atom. The van der Waals surface area contributed by atoms with Crippen molar-refractivity contribution in [2.24, 2.45) is 4.99 Å². The van der Waals surface area contributed by atoms with Crippen molar-refractivity contribution in [3.63, 3.8) is 0 Å². The van der Waals surface area contributed by atoms with E-state index in [1.54, 1.807) is 18.3 Å². The molecule has 2 aromatic heterocycles. The molecule has 0 aliphatic carbocycles. The summed E-state index contributed by atoms with van der Waals surface area (Å²) in [5.74, 6) is 1.31. The van der Waals surface area contributed by atoms with Crippen LogP contribution in [-0.2, 0) is 11.3 Å². The van der Waals surface area contributed by atoms with E-state index >= 15 is 0 Å². The summed E-state index contributed by atoms with van der Waals surface area (Å²) in [5.41, 5.74) is 1.55. The second kappa shape index (κ2) is 10.1. The van der Waals surface area contributed by atoms with E-state index in [0.29, 0.717) is 24.3 Å². The number of nitrogens with zero attached hydrogens (tertiary/aromatic N) is 5. The van der Waals surface area contributed by atoms with Gasteiger partial charge in [0, 0.05) is 56.6 Å². The highest BCUT2D eigenvalue weighted by Gasteiger charge is 2.17. The highest BCUT2D eigenvalue weighted by molar-refractivity contribution is 5.95. The topological polar surface area (TPSA) is 93.9 Å². The summed E-state index contributed by atoms with van der Waals surface area (Å²) in [6, 6.07) is 9.29. The fraction of sp³-hybridized carbons (Fsp3) is 0.364. The number of pyridine rings is 1. The number of ether oxygens (including phenoxy) is 2. The van der Waals surface area contributed by atoms with Gasteiger partial charge in [0.05, 0.1) is 24.3 Å². The minimum Gasteiger partial charge on any atom is -0.492 e. The van der Waals surface area contributed by atoms with Crippen molar-refractivity contribution in [3.8, 4) is 5.75 Å². The Kier molecular flexibility index (Phi) is 6.99. The lowest BCUT2D eigenvalue weighted by molar-refractivity contribution is 0.0322. The first-order valence-electron chi connectivity index (χ1n) is 10.5. The van der Waals surface area contributed by atoms with Crippen molar-refractivity contribution in [1.82, 2.24) is 19.4 Å². The van der Waals surface area contributed by atoms with Crippen LogP contribution in [0.15, 0.2) is 47.7 Å². The molecule has 0 radical (unpaired) electrons. The quantitative estimate of drug-likeness (QED) is 0.624. The number of carbonyl (C=O) groups excluding carboxylic acids is 1. The number of anilines is 1. The number of halogens is 1. The molecule has 4 heterocycles. The van der Waals surface area contributed by atoms with E-state index in [1.165, 1.54) is 6.20 Å². The smallest absolute Gasteiger partial charge is 0.281 e. The Morgan fingerprint density at radius 2 is 2.09 bits per heavy atom. The van der Waals surface area contributed by atoms with E-state index in [9.17, 15) is 4.79 Å². The Labute approximate surface area is 191 Å². The van der Waals surface area contributed by atoms with E-state index in [-0.39, 0.29) is 18.3 Å². The minimum absolute atomic E-state index is 0. The Balaban J connectivity index is 0.00000245. The van der Waals surface area contributed by atoms with Crippen molar-refractivity contribution >= 4 is 35.0 Å². The maximum atomic E-state index is 12.6. The zero-order chi connectivity index (χ0) is 21.0. The first-order valence-corrected chi connectivity index (χ1v) is 10.5. The van der Waals surface area contributed by atoms with Crippen molar-refractivity contribution in [2.75, 3.05) is 51.3 Å². The lowest BCUT2D eigenvalue weighted by atomic mass is 10.2. The van der Waals surface area contributed by atoms with Gasteiger partial charge in [-0.15, -0.1) is 12.4 Å². The summed E-state index contributed by atoms with van der Waals surface area (Å²) in [7, 11) is 0. The average Bonchev–Trinajstić information content (AvgIpc) is 3.31. The lowest BCUT2D eigenvalue weighted by Crippen LogP contribution is -2.38. The molecule has 1 aromatic carbocycles. The standard InChI is InChI=1S/C22H24N6O3.ClH/c29-21(16-2-1-5-23-15-16)26-22-25-19-14-17(31-13-10-27-8-11-30-12-9-27)3-4-18(19)20-24-6-7-28(20)22;/h1-5,14-15,24H,6-13H2;1H. The number of aromatic nitrogens is 3. The van der Waals surface area contributed by atoms with E-state index in [1.807, 2.05) is 22.8 Å². The predicted molar refractivity (Wildman–Crippen MR) is 122 cm³/mol. The molecule has 32 heavy (non-hydrogen) atoms. The molecule has 1 amide bonds. The average molecular weight is 457 g/mol. The summed E-state index contributed by atoms with van der Waals surface area (Å²) >= 11 is 0. The fourth-order valence-electron chi connectivity index (χ4n) is 3.84. The van der Waals surface area contributed by atoms with E-state index in [0.717, 1.165) is 61.9 Å². The monoisotopic (exact) mass is 456 g/mol. The van der Waals surface area contributed by atoms with Gasteiger partial charge in [0.25, 0.3) is 5.91 Å². The largest absolute Gasteiger partial charge is 0.492 e. The van der Waals surface area contributed by atoms with Crippen LogP contribution in [0.25, 0.3) is 10.9 Å². The van der Waals surface area contributed by atoms with Crippen molar-refractivity contribution in [3.05, 3.63) is 53.9 Å². The number of rotatable bonds is 5. The van der Waals surface area contributed by atoms with E-state index in [4.69, 9.17) is 9.47 Å². The third kappa shape index (κ3) is 4.74. The first-order chi connectivity index (χ1) is 15.3. The van der Waals surface area contributed by atoms with Crippen LogP contribution in [0.5, 0.6) is 5.75 Å². The third-order valence-electron chi connectivity index (χ3n) is 5.47. The van der Waals surface area contributed by atoms with Gasteiger partial charge < -0.3 is 14.8 Å². The Hall–Kier alpha value is -3.01. The number of hydrogen-bond acceptors (Lipinski definition) is 7. The second-order valence-corrected chi connectivity index (χ2v) is 7.48. The minimum atomic E-state index is -0.362. The van der Waals surface area contributed by atoms with Gasteiger partial charge in [-0.25, -0.2) is 4.98 Å². The number of benzene rings is 1. The number of fused-ring (bicyclic) bond motifs is 3. The van der Waals surface area contributed by atoms with Gasteiger partial charge >= 0.3 is 0 Å². The molecule has 0 atom stereocenters. The van der Waals surface area contributed by atoms with Crippen LogP contribution in [0.1, 0.15) is 10.4 Å². The van der Waals surface area contributed by atoms with Crippen LogP contribution < -0.4 is 15.7 Å². The molecule has 0 bridgehead atoms. The number of amides is 1. The van der Waals surface area contributed by atoms with Crippen molar-refractivity contribution in [2.45, 2.75) is 6.54 Å². The summed E-state index contributed by atoms with van der Waals surface area (Å²) in [6.07, 6.45) is 3.14. The van der Waals surface area contributed by atoms with Gasteiger partial charge in [-0.1, -0.05) is 0 Å². The molecule has 10 heteroatoms. The third-order valence-corrected chi connectivity index (χ3v) is 5.47.